The number of ether oxygens (including phenoxy) is 1. The van der Waals surface area contributed by atoms with Gasteiger partial charge in [-0.2, -0.15) is 15.0 Å². The highest BCUT2D eigenvalue weighted by Gasteiger charge is 2.24. The van der Waals surface area contributed by atoms with Crippen molar-refractivity contribution in [3.63, 3.8) is 0 Å². The van der Waals surface area contributed by atoms with Crippen molar-refractivity contribution < 1.29 is 9.84 Å². The Bertz CT molecular complexity index is 419. The molecule has 2 heterocycles. The molecule has 0 bridgehead atoms. The summed E-state index contributed by atoms with van der Waals surface area (Å²) in [6, 6.07) is 0.401. The van der Waals surface area contributed by atoms with Crippen LogP contribution in [0.25, 0.3) is 0 Å². The first-order chi connectivity index (χ1) is 10.3. The Hall–Kier alpha value is -1.63. The number of nitrogens with zero attached hydrogens (tertiary/aromatic N) is 4. The summed E-state index contributed by atoms with van der Waals surface area (Å²) in [5.74, 6) is 1.11. The Balaban J connectivity index is 2.29. The van der Waals surface area contributed by atoms with Crippen LogP contribution in [0.15, 0.2) is 0 Å². The van der Waals surface area contributed by atoms with Crippen molar-refractivity contribution in [3.05, 3.63) is 0 Å². The molecular formula is C14H25N5O2. The Kier molecular flexibility index (Phi) is 5.98. The van der Waals surface area contributed by atoms with E-state index < -0.39 is 0 Å². The molecule has 1 aromatic rings. The molecule has 0 radical (unpaired) electrons. The summed E-state index contributed by atoms with van der Waals surface area (Å²) in [6.45, 7) is 6.11. The van der Waals surface area contributed by atoms with Crippen LogP contribution >= 0.6 is 0 Å². The predicted octanol–water partition coefficient (Wildman–Crippen LogP) is 1.44. The first kappa shape index (κ1) is 15.8. The Morgan fingerprint density at radius 2 is 2.10 bits per heavy atom. The minimum absolute atomic E-state index is 0.0684. The Labute approximate surface area is 125 Å². The van der Waals surface area contributed by atoms with Crippen LogP contribution in [-0.2, 0) is 0 Å². The molecule has 1 aliphatic rings. The van der Waals surface area contributed by atoms with E-state index >= 15 is 0 Å². The first-order valence-corrected chi connectivity index (χ1v) is 7.78. The van der Waals surface area contributed by atoms with E-state index in [4.69, 9.17) is 4.74 Å². The van der Waals surface area contributed by atoms with Crippen LogP contribution in [0.5, 0.6) is 6.01 Å². The summed E-state index contributed by atoms with van der Waals surface area (Å²) < 4.78 is 5.43. The maximum Gasteiger partial charge on any atom is 0.323 e. The van der Waals surface area contributed by atoms with Gasteiger partial charge in [-0.15, -0.1) is 0 Å². The van der Waals surface area contributed by atoms with Gasteiger partial charge in [-0.25, -0.2) is 0 Å². The maximum absolute atomic E-state index is 9.63. The van der Waals surface area contributed by atoms with Crippen molar-refractivity contribution in [1.29, 1.82) is 0 Å². The topological polar surface area (TPSA) is 83.4 Å². The zero-order valence-electron chi connectivity index (χ0n) is 12.9. The monoisotopic (exact) mass is 295 g/mol. The van der Waals surface area contributed by atoms with Gasteiger partial charge >= 0.3 is 6.01 Å². The Morgan fingerprint density at radius 3 is 2.81 bits per heavy atom. The van der Waals surface area contributed by atoms with Gasteiger partial charge in [0.15, 0.2) is 0 Å². The van der Waals surface area contributed by atoms with E-state index in [1.165, 1.54) is 6.42 Å². The molecule has 1 aromatic heterocycles. The van der Waals surface area contributed by atoms with Gasteiger partial charge in [0.1, 0.15) is 0 Å². The Morgan fingerprint density at radius 1 is 1.24 bits per heavy atom. The number of hydrogen-bond acceptors (Lipinski definition) is 7. The van der Waals surface area contributed by atoms with Gasteiger partial charge in [0.25, 0.3) is 0 Å². The maximum atomic E-state index is 9.63. The van der Waals surface area contributed by atoms with Gasteiger partial charge in [-0.3, -0.25) is 0 Å². The van der Waals surface area contributed by atoms with Gasteiger partial charge in [0.05, 0.1) is 19.3 Å². The molecule has 21 heavy (non-hydrogen) atoms. The lowest BCUT2D eigenvalue weighted by Gasteiger charge is -2.28. The summed E-state index contributed by atoms with van der Waals surface area (Å²) in [4.78, 5) is 15.2. The number of anilines is 2. The smallest absolute Gasteiger partial charge is 0.323 e. The van der Waals surface area contributed by atoms with E-state index in [2.05, 4.69) is 25.2 Å². The zero-order chi connectivity index (χ0) is 15.1. The van der Waals surface area contributed by atoms with Crippen LogP contribution in [0.3, 0.4) is 0 Å². The van der Waals surface area contributed by atoms with Crippen LogP contribution in [-0.4, -0.2) is 52.4 Å². The molecule has 0 amide bonds. The highest BCUT2D eigenvalue weighted by Crippen LogP contribution is 2.23. The van der Waals surface area contributed by atoms with Crippen LogP contribution in [0.4, 0.5) is 11.9 Å². The van der Waals surface area contributed by atoms with Crippen LogP contribution in [0.1, 0.15) is 39.5 Å². The van der Waals surface area contributed by atoms with Crippen LogP contribution in [0.2, 0.25) is 0 Å². The minimum atomic E-state index is 0.0684. The molecule has 118 valence electrons. The van der Waals surface area contributed by atoms with Gasteiger partial charge in [-0.1, -0.05) is 12.8 Å². The number of nitrogens with one attached hydrogen (secondary N) is 1. The fourth-order valence-corrected chi connectivity index (χ4v) is 2.54. The van der Waals surface area contributed by atoms with Crippen molar-refractivity contribution in [2.75, 3.05) is 36.5 Å². The predicted molar refractivity (Wildman–Crippen MR) is 81.8 cm³/mol. The van der Waals surface area contributed by atoms with Gasteiger partial charge in [0.2, 0.25) is 11.9 Å². The third kappa shape index (κ3) is 4.17. The number of aromatic nitrogens is 3. The second-order valence-corrected chi connectivity index (χ2v) is 5.08. The van der Waals surface area contributed by atoms with Crippen molar-refractivity contribution in [3.8, 4) is 6.01 Å². The molecule has 1 fully saturated rings. The van der Waals surface area contributed by atoms with Gasteiger partial charge < -0.3 is 20.1 Å². The van der Waals surface area contributed by atoms with E-state index in [0.29, 0.717) is 24.5 Å². The second kappa shape index (κ2) is 7.97. The fourth-order valence-electron chi connectivity index (χ4n) is 2.54. The molecule has 1 aliphatic heterocycles. The number of hydrogen-bond donors (Lipinski definition) is 2. The summed E-state index contributed by atoms with van der Waals surface area (Å²) in [7, 11) is 0. The molecule has 0 aliphatic carbocycles. The second-order valence-electron chi connectivity index (χ2n) is 5.08. The molecule has 7 heteroatoms. The third-order valence-electron chi connectivity index (χ3n) is 3.56. The van der Waals surface area contributed by atoms with Crippen molar-refractivity contribution in [2.45, 2.75) is 45.6 Å². The van der Waals surface area contributed by atoms with Crippen LogP contribution in [0, 0.1) is 0 Å². The lowest BCUT2D eigenvalue weighted by atomic mass is 10.1. The molecule has 0 saturated carbocycles. The first-order valence-electron chi connectivity index (χ1n) is 7.78. The molecule has 0 spiro atoms. The molecule has 0 aromatic carbocycles. The molecule has 7 nitrogen and oxygen atoms in total. The van der Waals surface area contributed by atoms with Crippen molar-refractivity contribution in [1.82, 2.24) is 15.0 Å². The molecule has 2 N–H and O–H groups in total. The molecular weight excluding hydrogens is 270 g/mol. The quantitative estimate of drug-likeness (QED) is 0.821. The molecule has 1 unspecified atom stereocenters. The molecule has 1 saturated heterocycles. The lowest BCUT2D eigenvalue weighted by Crippen LogP contribution is -2.39. The van der Waals surface area contributed by atoms with Gasteiger partial charge in [0, 0.05) is 13.1 Å². The van der Waals surface area contributed by atoms with Crippen molar-refractivity contribution >= 4 is 11.9 Å². The summed E-state index contributed by atoms with van der Waals surface area (Å²) in [5.41, 5.74) is 0. The van der Waals surface area contributed by atoms with Crippen LogP contribution < -0.4 is 15.0 Å². The average Bonchev–Trinajstić information content (AvgIpc) is 2.73. The van der Waals surface area contributed by atoms with E-state index in [0.717, 1.165) is 32.4 Å². The molecule has 1 atom stereocenters. The summed E-state index contributed by atoms with van der Waals surface area (Å²) in [6.07, 6.45) is 4.35. The summed E-state index contributed by atoms with van der Waals surface area (Å²) in [5, 5.41) is 12.7. The minimum Gasteiger partial charge on any atom is -0.464 e. The lowest BCUT2D eigenvalue weighted by molar-refractivity contribution is 0.253. The van der Waals surface area contributed by atoms with Gasteiger partial charge in [-0.05, 0) is 26.7 Å². The average molecular weight is 295 g/mol. The molecule has 2 rings (SSSR count). The van der Waals surface area contributed by atoms with E-state index in [-0.39, 0.29) is 12.6 Å². The standard InChI is InChI=1S/C14H25N5O2/c1-3-15-12-16-13(18-14(17-12)21-4-2)19-9-7-5-6-8-11(19)10-20/h11,20H,3-10H2,1-2H3,(H,15,16,17,18). The largest absolute Gasteiger partial charge is 0.464 e. The number of aliphatic hydroxyl groups excluding tert-OH is 1. The number of aliphatic hydroxyl groups is 1. The van der Waals surface area contributed by atoms with E-state index in [1.54, 1.807) is 0 Å². The zero-order valence-corrected chi connectivity index (χ0v) is 12.9. The highest BCUT2D eigenvalue weighted by atomic mass is 16.5. The third-order valence-corrected chi connectivity index (χ3v) is 3.56. The normalized spacial score (nSPS) is 19.2. The fraction of sp³-hybridized carbons (Fsp3) is 0.786. The van der Waals surface area contributed by atoms with Crippen molar-refractivity contribution in [2.24, 2.45) is 0 Å². The van der Waals surface area contributed by atoms with E-state index in [9.17, 15) is 5.11 Å². The number of rotatable bonds is 6. The highest BCUT2D eigenvalue weighted by molar-refractivity contribution is 5.39. The summed E-state index contributed by atoms with van der Waals surface area (Å²) >= 11 is 0. The SMILES string of the molecule is CCNc1nc(OCC)nc(N2CCCCCC2CO)n1. The van der Waals surface area contributed by atoms with E-state index in [1.807, 2.05) is 13.8 Å².